The summed E-state index contributed by atoms with van der Waals surface area (Å²) in [6.07, 6.45) is 1.85. The minimum atomic E-state index is 0. The number of aliphatic imine (C=N–C) groups is 1. The molecular formula is C20H32IN5O2. The van der Waals surface area contributed by atoms with Crippen LogP contribution in [-0.2, 0) is 13.0 Å². The zero-order valence-corrected chi connectivity index (χ0v) is 19.7. The molecular weight excluding hydrogens is 469 g/mol. The fourth-order valence-electron chi connectivity index (χ4n) is 2.92. The highest BCUT2D eigenvalue weighted by atomic mass is 127. The molecule has 0 bridgehead atoms. The van der Waals surface area contributed by atoms with Crippen LogP contribution in [0.4, 0.5) is 0 Å². The number of nitrogens with one attached hydrogen (secondary N) is 2. The standard InChI is InChI=1S/C20H31N5O2.HI/c1-15-13-16(2)25(24-15)12-6-10-22-20(21-3)23-11-9-17-7-8-18(26-4)19(14-17)27-5;/h7-8,13-14H,6,9-12H2,1-5H3,(H2,21,22,23);1H. The van der Waals surface area contributed by atoms with Gasteiger partial charge in [-0.2, -0.15) is 5.10 Å². The molecule has 0 spiro atoms. The summed E-state index contributed by atoms with van der Waals surface area (Å²) < 4.78 is 12.7. The van der Waals surface area contributed by atoms with Gasteiger partial charge in [0.1, 0.15) is 0 Å². The minimum absolute atomic E-state index is 0. The average Bonchev–Trinajstić information content (AvgIpc) is 3.00. The molecule has 1 heterocycles. The van der Waals surface area contributed by atoms with Gasteiger partial charge in [-0.15, -0.1) is 24.0 Å². The third kappa shape index (κ3) is 7.21. The number of rotatable bonds is 9. The van der Waals surface area contributed by atoms with Crippen LogP contribution in [-0.4, -0.2) is 50.1 Å². The Morgan fingerprint density at radius 3 is 2.39 bits per heavy atom. The smallest absolute Gasteiger partial charge is 0.190 e. The first-order chi connectivity index (χ1) is 13.1. The maximum absolute atomic E-state index is 5.35. The number of nitrogens with zero attached hydrogens (tertiary/aromatic N) is 3. The topological polar surface area (TPSA) is 72.7 Å². The number of benzene rings is 1. The number of hydrogen-bond acceptors (Lipinski definition) is 4. The molecule has 0 saturated carbocycles. The summed E-state index contributed by atoms with van der Waals surface area (Å²) in [6.45, 7) is 6.63. The SMILES string of the molecule is CN=C(NCCCn1nc(C)cc1C)NCCc1ccc(OC)c(OC)c1.I. The molecule has 7 nitrogen and oxygen atoms in total. The Hall–Kier alpha value is -1.97. The molecule has 0 aliphatic rings. The van der Waals surface area contributed by atoms with Crippen LogP contribution in [0.15, 0.2) is 29.3 Å². The van der Waals surface area contributed by atoms with Gasteiger partial charge < -0.3 is 20.1 Å². The number of aryl methyl sites for hydroxylation is 3. The number of hydrogen-bond donors (Lipinski definition) is 2. The van der Waals surface area contributed by atoms with E-state index in [9.17, 15) is 0 Å². The normalized spacial score (nSPS) is 11.0. The van der Waals surface area contributed by atoms with Gasteiger partial charge in [-0.1, -0.05) is 6.07 Å². The van der Waals surface area contributed by atoms with Crippen molar-refractivity contribution in [3.63, 3.8) is 0 Å². The number of methoxy groups -OCH3 is 2. The molecule has 0 atom stereocenters. The molecule has 2 aromatic rings. The monoisotopic (exact) mass is 501 g/mol. The fraction of sp³-hybridized carbons (Fsp3) is 0.500. The molecule has 0 aliphatic heterocycles. The first-order valence-electron chi connectivity index (χ1n) is 9.24. The van der Waals surface area contributed by atoms with E-state index in [1.54, 1.807) is 21.3 Å². The van der Waals surface area contributed by atoms with E-state index in [0.717, 1.165) is 55.6 Å². The number of ether oxygens (including phenoxy) is 2. The van der Waals surface area contributed by atoms with Crippen molar-refractivity contribution < 1.29 is 9.47 Å². The van der Waals surface area contributed by atoms with Crippen molar-refractivity contribution in [2.45, 2.75) is 33.2 Å². The number of aromatic nitrogens is 2. The highest BCUT2D eigenvalue weighted by Crippen LogP contribution is 2.27. The van der Waals surface area contributed by atoms with E-state index < -0.39 is 0 Å². The summed E-state index contributed by atoms with van der Waals surface area (Å²) in [7, 11) is 5.08. The molecule has 0 unspecified atom stereocenters. The molecule has 1 aromatic heterocycles. The first kappa shape index (κ1) is 24.1. The predicted octanol–water partition coefficient (Wildman–Crippen LogP) is 2.93. The lowest BCUT2D eigenvalue weighted by Crippen LogP contribution is -2.39. The molecule has 1 aromatic carbocycles. The van der Waals surface area contributed by atoms with E-state index in [-0.39, 0.29) is 24.0 Å². The van der Waals surface area contributed by atoms with E-state index in [4.69, 9.17) is 9.47 Å². The van der Waals surface area contributed by atoms with E-state index in [1.807, 2.05) is 29.8 Å². The third-order valence-electron chi connectivity index (χ3n) is 4.32. The van der Waals surface area contributed by atoms with Crippen molar-refractivity contribution in [2.75, 3.05) is 34.4 Å². The summed E-state index contributed by atoms with van der Waals surface area (Å²) in [5.74, 6) is 2.31. The maximum Gasteiger partial charge on any atom is 0.190 e. The van der Waals surface area contributed by atoms with Gasteiger partial charge in [0.25, 0.3) is 0 Å². The molecule has 28 heavy (non-hydrogen) atoms. The van der Waals surface area contributed by atoms with Crippen LogP contribution in [0, 0.1) is 13.8 Å². The highest BCUT2D eigenvalue weighted by Gasteiger charge is 2.05. The molecule has 2 N–H and O–H groups in total. The second kappa shape index (κ2) is 12.5. The minimum Gasteiger partial charge on any atom is -0.493 e. The average molecular weight is 501 g/mol. The van der Waals surface area contributed by atoms with Crippen LogP contribution in [0.2, 0.25) is 0 Å². The van der Waals surface area contributed by atoms with Gasteiger partial charge in [0.2, 0.25) is 0 Å². The highest BCUT2D eigenvalue weighted by molar-refractivity contribution is 14.0. The van der Waals surface area contributed by atoms with Gasteiger partial charge in [0.15, 0.2) is 17.5 Å². The molecule has 0 aliphatic carbocycles. The van der Waals surface area contributed by atoms with Crippen molar-refractivity contribution in [2.24, 2.45) is 4.99 Å². The Morgan fingerprint density at radius 2 is 1.79 bits per heavy atom. The molecule has 8 heteroatoms. The van der Waals surface area contributed by atoms with E-state index >= 15 is 0 Å². The largest absolute Gasteiger partial charge is 0.493 e. The Bertz CT molecular complexity index is 761. The molecule has 2 rings (SSSR count). The second-order valence-electron chi connectivity index (χ2n) is 6.37. The van der Waals surface area contributed by atoms with Gasteiger partial charge in [-0.3, -0.25) is 9.67 Å². The lowest BCUT2D eigenvalue weighted by atomic mass is 10.1. The quantitative estimate of drug-likeness (QED) is 0.239. The van der Waals surface area contributed by atoms with E-state index in [1.165, 1.54) is 11.3 Å². The van der Waals surface area contributed by atoms with Gasteiger partial charge in [0, 0.05) is 32.4 Å². The predicted molar refractivity (Wildman–Crippen MR) is 124 cm³/mol. The molecule has 0 radical (unpaired) electrons. The first-order valence-corrected chi connectivity index (χ1v) is 9.24. The van der Waals surface area contributed by atoms with E-state index in [2.05, 4.69) is 33.7 Å². The van der Waals surface area contributed by atoms with Crippen LogP contribution in [0.3, 0.4) is 0 Å². The number of guanidine groups is 1. The zero-order valence-electron chi connectivity index (χ0n) is 17.4. The molecule has 0 saturated heterocycles. The van der Waals surface area contributed by atoms with Gasteiger partial charge in [-0.25, -0.2) is 0 Å². The summed E-state index contributed by atoms with van der Waals surface area (Å²) >= 11 is 0. The van der Waals surface area contributed by atoms with Crippen LogP contribution >= 0.6 is 24.0 Å². The van der Waals surface area contributed by atoms with Gasteiger partial charge in [0.05, 0.1) is 19.9 Å². The summed E-state index contributed by atoms with van der Waals surface area (Å²) in [6, 6.07) is 8.08. The summed E-state index contributed by atoms with van der Waals surface area (Å²) in [4.78, 5) is 4.27. The van der Waals surface area contributed by atoms with Gasteiger partial charge >= 0.3 is 0 Å². The number of halogens is 1. The van der Waals surface area contributed by atoms with Gasteiger partial charge in [-0.05, 0) is 50.5 Å². The Morgan fingerprint density at radius 1 is 1.07 bits per heavy atom. The maximum atomic E-state index is 5.35. The van der Waals surface area contributed by atoms with Crippen molar-refractivity contribution in [1.82, 2.24) is 20.4 Å². The van der Waals surface area contributed by atoms with Crippen molar-refractivity contribution in [3.05, 3.63) is 41.2 Å². The summed E-state index contributed by atoms with van der Waals surface area (Å²) in [5.41, 5.74) is 3.44. The summed E-state index contributed by atoms with van der Waals surface area (Å²) in [5, 5.41) is 11.2. The van der Waals surface area contributed by atoms with E-state index in [0.29, 0.717) is 0 Å². The Labute approximate surface area is 184 Å². The molecule has 0 fully saturated rings. The Balaban J connectivity index is 0.00000392. The zero-order chi connectivity index (χ0) is 19.6. The molecule has 0 amide bonds. The lowest BCUT2D eigenvalue weighted by molar-refractivity contribution is 0.354. The Kier molecular flexibility index (Phi) is 10.7. The van der Waals surface area contributed by atoms with Crippen LogP contribution in [0.1, 0.15) is 23.4 Å². The van der Waals surface area contributed by atoms with Crippen LogP contribution in [0.25, 0.3) is 0 Å². The third-order valence-corrected chi connectivity index (χ3v) is 4.32. The molecule has 156 valence electrons. The van der Waals surface area contributed by atoms with Crippen molar-refractivity contribution in [1.29, 1.82) is 0 Å². The fourth-order valence-corrected chi connectivity index (χ4v) is 2.92. The van der Waals surface area contributed by atoms with Crippen molar-refractivity contribution in [3.8, 4) is 11.5 Å². The second-order valence-corrected chi connectivity index (χ2v) is 6.37. The van der Waals surface area contributed by atoms with Crippen LogP contribution in [0.5, 0.6) is 11.5 Å². The van der Waals surface area contributed by atoms with Crippen LogP contribution < -0.4 is 20.1 Å². The van der Waals surface area contributed by atoms with Crippen molar-refractivity contribution >= 4 is 29.9 Å². The lowest BCUT2D eigenvalue weighted by Gasteiger charge is -2.13.